The van der Waals surface area contributed by atoms with Crippen molar-refractivity contribution in [3.63, 3.8) is 0 Å². The first-order valence-electron chi connectivity index (χ1n) is 6.28. The van der Waals surface area contributed by atoms with Crippen LogP contribution in [-0.2, 0) is 13.1 Å². The third kappa shape index (κ3) is 4.30. The average molecular weight is 340 g/mol. The molecular formula is C14H18BrN3S. The number of nitrogens with one attached hydrogen (secondary N) is 1. The molecule has 0 amide bonds. The molecule has 0 aliphatic rings. The maximum Gasteiger partial charge on any atom is 0.0701 e. The maximum atomic E-state index is 4.38. The molecule has 2 rings (SSSR count). The topological polar surface area (TPSA) is 28.2 Å². The SMILES string of the molecule is CCNCc1cc(N(C)Cc2csc(Br)c2)ccn1. The normalized spacial score (nSPS) is 10.7. The van der Waals surface area contributed by atoms with Gasteiger partial charge in [0, 0.05) is 32.0 Å². The van der Waals surface area contributed by atoms with Gasteiger partial charge in [-0.05, 0) is 51.6 Å². The second kappa shape index (κ2) is 7.03. The van der Waals surface area contributed by atoms with Crippen LogP contribution in [0.1, 0.15) is 18.2 Å². The summed E-state index contributed by atoms with van der Waals surface area (Å²) in [6.07, 6.45) is 1.88. The van der Waals surface area contributed by atoms with Gasteiger partial charge in [-0.15, -0.1) is 11.3 Å². The molecule has 0 bridgehead atoms. The minimum atomic E-state index is 0.822. The Morgan fingerprint density at radius 1 is 1.42 bits per heavy atom. The quantitative estimate of drug-likeness (QED) is 0.870. The van der Waals surface area contributed by atoms with Gasteiger partial charge < -0.3 is 10.2 Å². The van der Waals surface area contributed by atoms with E-state index >= 15 is 0 Å². The first kappa shape index (κ1) is 14.5. The molecule has 0 aromatic carbocycles. The number of hydrogen-bond donors (Lipinski definition) is 1. The summed E-state index contributed by atoms with van der Waals surface area (Å²) in [7, 11) is 2.11. The van der Waals surface area contributed by atoms with Crippen molar-refractivity contribution in [2.75, 3.05) is 18.5 Å². The molecule has 0 radical (unpaired) electrons. The molecule has 0 atom stereocenters. The summed E-state index contributed by atoms with van der Waals surface area (Å²) in [5.41, 5.74) is 3.60. The van der Waals surface area contributed by atoms with Gasteiger partial charge in [-0.2, -0.15) is 0 Å². The smallest absolute Gasteiger partial charge is 0.0701 e. The van der Waals surface area contributed by atoms with E-state index in [-0.39, 0.29) is 0 Å². The summed E-state index contributed by atoms with van der Waals surface area (Å²) in [5, 5.41) is 5.48. The Bertz CT molecular complexity index is 527. The lowest BCUT2D eigenvalue weighted by Crippen LogP contribution is -2.17. The van der Waals surface area contributed by atoms with Gasteiger partial charge in [0.1, 0.15) is 0 Å². The largest absolute Gasteiger partial charge is 0.370 e. The van der Waals surface area contributed by atoms with E-state index in [1.807, 2.05) is 6.20 Å². The van der Waals surface area contributed by atoms with Crippen molar-refractivity contribution in [1.29, 1.82) is 0 Å². The molecule has 2 aromatic heterocycles. The van der Waals surface area contributed by atoms with E-state index in [0.717, 1.165) is 25.3 Å². The molecule has 5 heteroatoms. The molecule has 3 nitrogen and oxygen atoms in total. The van der Waals surface area contributed by atoms with E-state index in [0.29, 0.717) is 0 Å². The minimum Gasteiger partial charge on any atom is -0.370 e. The molecule has 102 valence electrons. The van der Waals surface area contributed by atoms with Crippen molar-refractivity contribution in [3.8, 4) is 0 Å². The van der Waals surface area contributed by atoms with Crippen LogP contribution in [-0.4, -0.2) is 18.6 Å². The van der Waals surface area contributed by atoms with Crippen LogP contribution in [0.3, 0.4) is 0 Å². The van der Waals surface area contributed by atoms with Crippen LogP contribution < -0.4 is 10.2 Å². The zero-order valence-electron chi connectivity index (χ0n) is 11.2. The predicted octanol–water partition coefficient (Wildman–Crippen LogP) is 3.65. The third-order valence-electron chi connectivity index (χ3n) is 2.84. The van der Waals surface area contributed by atoms with E-state index in [2.05, 4.69) is 68.7 Å². The van der Waals surface area contributed by atoms with E-state index in [4.69, 9.17) is 0 Å². The molecule has 0 aliphatic carbocycles. The highest BCUT2D eigenvalue weighted by atomic mass is 79.9. The zero-order valence-corrected chi connectivity index (χ0v) is 13.6. The Morgan fingerprint density at radius 3 is 2.95 bits per heavy atom. The summed E-state index contributed by atoms with van der Waals surface area (Å²) >= 11 is 5.22. The number of hydrogen-bond acceptors (Lipinski definition) is 4. The minimum absolute atomic E-state index is 0.822. The number of thiophene rings is 1. The lowest BCUT2D eigenvalue weighted by Gasteiger charge is -2.19. The van der Waals surface area contributed by atoms with E-state index in [1.165, 1.54) is 15.0 Å². The fourth-order valence-electron chi connectivity index (χ4n) is 1.85. The van der Waals surface area contributed by atoms with E-state index in [1.54, 1.807) is 11.3 Å². The van der Waals surface area contributed by atoms with Crippen LogP contribution in [0.2, 0.25) is 0 Å². The van der Waals surface area contributed by atoms with Gasteiger partial charge in [-0.1, -0.05) is 6.92 Å². The monoisotopic (exact) mass is 339 g/mol. The predicted molar refractivity (Wildman–Crippen MR) is 85.7 cm³/mol. The molecule has 0 fully saturated rings. The highest BCUT2D eigenvalue weighted by Crippen LogP contribution is 2.23. The van der Waals surface area contributed by atoms with Crippen LogP contribution in [0.25, 0.3) is 0 Å². The second-order valence-corrected chi connectivity index (χ2v) is 6.69. The van der Waals surface area contributed by atoms with Crippen LogP contribution in [0.4, 0.5) is 5.69 Å². The van der Waals surface area contributed by atoms with Crippen LogP contribution in [0.15, 0.2) is 33.6 Å². The number of anilines is 1. The summed E-state index contributed by atoms with van der Waals surface area (Å²) < 4.78 is 1.18. The first-order chi connectivity index (χ1) is 9.19. The number of aromatic nitrogens is 1. The third-order valence-corrected chi connectivity index (χ3v) is 4.39. The molecule has 1 N–H and O–H groups in total. The highest BCUT2D eigenvalue weighted by molar-refractivity contribution is 9.11. The Labute approximate surface area is 126 Å². The van der Waals surface area contributed by atoms with Crippen molar-refractivity contribution in [1.82, 2.24) is 10.3 Å². The fourth-order valence-corrected chi connectivity index (χ4v) is 3.05. The average Bonchev–Trinajstić information content (AvgIpc) is 2.82. The number of halogens is 1. The molecule has 0 saturated heterocycles. The second-order valence-electron chi connectivity index (χ2n) is 4.40. The number of nitrogens with zero attached hydrogens (tertiary/aromatic N) is 2. The highest BCUT2D eigenvalue weighted by Gasteiger charge is 2.05. The molecule has 0 saturated carbocycles. The number of pyridine rings is 1. The Kier molecular flexibility index (Phi) is 5.36. The van der Waals surface area contributed by atoms with Gasteiger partial charge in [0.25, 0.3) is 0 Å². The zero-order chi connectivity index (χ0) is 13.7. The molecule has 2 aromatic rings. The van der Waals surface area contributed by atoms with Crippen molar-refractivity contribution in [2.24, 2.45) is 0 Å². The van der Waals surface area contributed by atoms with Crippen LogP contribution in [0, 0.1) is 0 Å². The standard InChI is InChI=1S/C14H18BrN3S/c1-3-16-8-12-7-13(4-5-17-12)18(2)9-11-6-14(15)19-10-11/h4-7,10,16H,3,8-9H2,1-2H3. The van der Waals surface area contributed by atoms with Crippen LogP contribution in [0.5, 0.6) is 0 Å². The van der Waals surface area contributed by atoms with Gasteiger partial charge in [0.15, 0.2) is 0 Å². The lowest BCUT2D eigenvalue weighted by molar-refractivity contribution is 0.710. The first-order valence-corrected chi connectivity index (χ1v) is 7.96. The van der Waals surface area contributed by atoms with Gasteiger partial charge in [0.2, 0.25) is 0 Å². The Balaban J connectivity index is 2.03. The maximum absolute atomic E-state index is 4.38. The van der Waals surface area contributed by atoms with E-state index < -0.39 is 0 Å². The summed E-state index contributed by atoms with van der Waals surface area (Å²) in [4.78, 5) is 6.62. The van der Waals surface area contributed by atoms with Crippen molar-refractivity contribution >= 4 is 33.0 Å². The van der Waals surface area contributed by atoms with Crippen molar-refractivity contribution in [3.05, 3.63) is 44.8 Å². The molecule has 0 spiro atoms. The lowest BCUT2D eigenvalue weighted by atomic mass is 10.2. The van der Waals surface area contributed by atoms with Crippen LogP contribution >= 0.6 is 27.3 Å². The molecule has 0 unspecified atom stereocenters. The summed E-state index contributed by atoms with van der Waals surface area (Å²) in [6.45, 7) is 4.80. The van der Waals surface area contributed by atoms with Gasteiger partial charge in [0.05, 0.1) is 9.48 Å². The Hall–Kier alpha value is -0.910. The molecule has 19 heavy (non-hydrogen) atoms. The Morgan fingerprint density at radius 2 is 2.26 bits per heavy atom. The van der Waals surface area contributed by atoms with Crippen molar-refractivity contribution < 1.29 is 0 Å². The number of rotatable bonds is 6. The van der Waals surface area contributed by atoms with E-state index in [9.17, 15) is 0 Å². The van der Waals surface area contributed by atoms with Gasteiger partial charge >= 0.3 is 0 Å². The summed E-state index contributed by atoms with van der Waals surface area (Å²) in [5.74, 6) is 0. The summed E-state index contributed by atoms with van der Waals surface area (Å²) in [6, 6.07) is 6.36. The van der Waals surface area contributed by atoms with Gasteiger partial charge in [-0.25, -0.2) is 0 Å². The van der Waals surface area contributed by atoms with Crippen molar-refractivity contribution in [2.45, 2.75) is 20.0 Å². The molecule has 2 heterocycles. The van der Waals surface area contributed by atoms with Gasteiger partial charge in [-0.3, -0.25) is 4.98 Å². The fraction of sp³-hybridized carbons (Fsp3) is 0.357. The molecular weight excluding hydrogens is 322 g/mol. The molecule has 0 aliphatic heterocycles.